The molecule has 0 aliphatic carbocycles. The standard InChI is InChI=1S/C17H18FN3/c1-2-3-17-20-15-9-8-14(10-16(15)21-17)19-11-12-4-6-13(18)7-5-12/h4-10,19H,2-3,11H2,1H3,(H,20,21). The van der Waals surface area contributed by atoms with E-state index < -0.39 is 0 Å². The molecule has 108 valence electrons. The summed E-state index contributed by atoms with van der Waals surface area (Å²) >= 11 is 0. The lowest BCUT2D eigenvalue weighted by Crippen LogP contribution is -1.99. The van der Waals surface area contributed by atoms with Crippen molar-refractivity contribution in [1.82, 2.24) is 9.97 Å². The first-order valence-corrected chi connectivity index (χ1v) is 7.21. The van der Waals surface area contributed by atoms with Crippen molar-refractivity contribution in [2.75, 3.05) is 5.32 Å². The molecule has 4 heteroatoms. The molecule has 1 heterocycles. The van der Waals surface area contributed by atoms with E-state index in [1.807, 2.05) is 12.1 Å². The van der Waals surface area contributed by atoms with E-state index in [1.165, 1.54) is 12.1 Å². The fourth-order valence-electron chi connectivity index (χ4n) is 2.33. The molecule has 3 nitrogen and oxygen atoms in total. The number of aryl methyl sites for hydroxylation is 1. The number of hydrogen-bond acceptors (Lipinski definition) is 2. The summed E-state index contributed by atoms with van der Waals surface area (Å²) in [5, 5.41) is 3.34. The van der Waals surface area contributed by atoms with Gasteiger partial charge in [0, 0.05) is 18.7 Å². The molecule has 0 unspecified atom stereocenters. The summed E-state index contributed by atoms with van der Waals surface area (Å²) in [6.07, 6.45) is 2.04. The predicted molar refractivity (Wildman–Crippen MR) is 83.8 cm³/mol. The van der Waals surface area contributed by atoms with E-state index in [0.717, 1.165) is 41.0 Å². The molecular formula is C17H18FN3. The largest absolute Gasteiger partial charge is 0.381 e. The molecule has 0 atom stereocenters. The van der Waals surface area contributed by atoms with Crippen molar-refractivity contribution in [2.45, 2.75) is 26.3 Å². The summed E-state index contributed by atoms with van der Waals surface area (Å²) in [7, 11) is 0. The number of nitrogens with zero attached hydrogens (tertiary/aromatic N) is 1. The molecule has 1 aromatic heterocycles. The van der Waals surface area contributed by atoms with E-state index in [-0.39, 0.29) is 5.82 Å². The van der Waals surface area contributed by atoms with Crippen molar-refractivity contribution in [2.24, 2.45) is 0 Å². The zero-order valence-electron chi connectivity index (χ0n) is 12.0. The minimum atomic E-state index is -0.207. The Kier molecular flexibility index (Phi) is 3.86. The van der Waals surface area contributed by atoms with Gasteiger partial charge in [-0.2, -0.15) is 0 Å². The number of H-pyrrole nitrogens is 1. The van der Waals surface area contributed by atoms with Gasteiger partial charge in [0.15, 0.2) is 0 Å². The summed E-state index contributed by atoms with van der Waals surface area (Å²) in [6.45, 7) is 2.81. The van der Waals surface area contributed by atoms with E-state index in [9.17, 15) is 4.39 Å². The van der Waals surface area contributed by atoms with Crippen LogP contribution < -0.4 is 5.32 Å². The zero-order chi connectivity index (χ0) is 14.7. The minimum Gasteiger partial charge on any atom is -0.381 e. The molecule has 2 N–H and O–H groups in total. The second-order valence-corrected chi connectivity index (χ2v) is 5.15. The lowest BCUT2D eigenvalue weighted by molar-refractivity contribution is 0.627. The summed E-state index contributed by atoms with van der Waals surface area (Å²) in [4.78, 5) is 7.89. The van der Waals surface area contributed by atoms with Gasteiger partial charge in [-0.05, 0) is 42.3 Å². The van der Waals surface area contributed by atoms with E-state index in [0.29, 0.717) is 6.54 Å². The van der Waals surface area contributed by atoms with Crippen LogP contribution in [0.2, 0.25) is 0 Å². The molecule has 3 rings (SSSR count). The predicted octanol–water partition coefficient (Wildman–Crippen LogP) is 4.27. The topological polar surface area (TPSA) is 40.7 Å². The fourth-order valence-corrected chi connectivity index (χ4v) is 2.33. The number of aromatic amines is 1. The third kappa shape index (κ3) is 3.21. The lowest BCUT2D eigenvalue weighted by atomic mass is 10.2. The van der Waals surface area contributed by atoms with Gasteiger partial charge in [-0.25, -0.2) is 9.37 Å². The van der Waals surface area contributed by atoms with Gasteiger partial charge >= 0.3 is 0 Å². The van der Waals surface area contributed by atoms with Crippen LogP contribution in [0.5, 0.6) is 0 Å². The molecule has 0 saturated heterocycles. The SMILES string of the molecule is CCCc1nc2ccc(NCc3ccc(F)cc3)cc2[nH]1. The molecule has 21 heavy (non-hydrogen) atoms. The Balaban J connectivity index is 1.73. The maximum absolute atomic E-state index is 12.9. The van der Waals surface area contributed by atoms with E-state index >= 15 is 0 Å². The summed E-state index contributed by atoms with van der Waals surface area (Å²) in [5.41, 5.74) is 4.11. The highest BCUT2D eigenvalue weighted by Crippen LogP contribution is 2.18. The van der Waals surface area contributed by atoms with Crippen molar-refractivity contribution >= 4 is 16.7 Å². The number of anilines is 1. The molecule has 0 aliphatic heterocycles. The van der Waals surface area contributed by atoms with Gasteiger partial charge in [0.2, 0.25) is 0 Å². The third-order valence-corrected chi connectivity index (χ3v) is 3.43. The van der Waals surface area contributed by atoms with Gasteiger partial charge in [-0.15, -0.1) is 0 Å². The van der Waals surface area contributed by atoms with Crippen molar-refractivity contribution < 1.29 is 4.39 Å². The maximum Gasteiger partial charge on any atom is 0.123 e. The number of fused-ring (bicyclic) bond motifs is 1. The second kappa shape index (κ2) is 5.95. The van der Waals surface area contributed by atoms with Gasteiger partial charge in [0.1, 0.15) is 11.6 Å². The van der Waals surface area contributed by atoms with Crippen LogP contribution in [0, 0.1) is 5.82 Å². The van der Waals surface area contributed by atoms with Gasteiger partial charge in [0.05, 0.1) is 11.0 Å². The van der Waals surface area contributed by atoms with Crippen LogP contribution in [-0.4, -0.2) is 9.97 Å². The maximum atomic E-state index is 12.9. The normalized spacial score (nSPS) is 11.0. The van der Waals surface area contributed by atoms with Crippen LogP contribution >= 0.6 is 0 Å². The first-order valence-electron chi connectivity index (χ1n) is 7.21. The molecule has 2 aromatic carbocycles. The lowest BCUT2D eigenvalue weighted by Gasteiger charge is -2.06. The average Bonchev–Trinajstić information content (AvgIpc) is 2.88. The highest BCUT2D eigenvalue weighted by atomic mass is 19.1. The van der Waals surface area contributed by atoms with Crippen molar-refractivity contribution in [3.05, 3.63) is 59.7 Å². The third-order valence-electron chi connectivity index (χ3n) is 3.43. The molecule has 3 aromatic rings. The quantitative estimate of drug-likeness (QED) is 0.734. The van der Waals surface area contributed by atoms with Crippen molar-refractivity contribution in [3.8, 4) is 0 Å². The Hall–Kier alpha value is -2.36. The van der Waals surface area contributed by atoms with Crippen LogP contribution in [0.3, 0.4) is 0 Å². The van der Waals surface area contributed by atoms with Crippen LogP contribution in [0.25, 0.3) is 11.0 Å². The first-order chi connectivity index (χ1) is 10.2. The number of rotatable bonds is 5. The van der Waals surface area contributed by atoms with Gasteiger partial charge in [-0.3, -0.25) is 0 Å². The Morgan fingerprint density at radius 1 is 1.14 bits per heavy atom. The molecule has 0 aliphatic rings. The molecule has 0 radical (unpaired) electrons. The number of hydrogen-bond donors (Lipinski definition) is 2. The van der Waals surface area contributed by atoms with Crippen LogP contribution in [0.4, 0.5) is 10.1 Å². The molecule has 0 fully saturated rings. The smallest absolute Gasteiger partial charge is 0.123 e. The number of nitrogens with one attached hydrogen (secondary N) is 2. The first kappa shape index (κ1) is 13.6. The van der Waals surface area contributed by atoms with Crippen LogP contribution in [0.15, 0.2) is 42.5 Å². The molecule has 0 bridgehead atoms. The van der Waals surface area contributed by atoms with Gasteiger partial charge in [0.25, 0.3) is 0 Å². The van der Waals surface area contributed by atoms with Crippen LogP contribution in [-0.2, 0) is 13.0 Å². The number of halogens is 1. The summed E-state index contributed by atoms with van der Waals surface area (Å²) in [6, 6.07) is 12.6. The summed E-state index contributed by atoms with van der Waals surface area (Å²) in [5.74, 6) is 0.823. The Morgan fingerprint density at radius 2 is 1.95 bits per heavy atom. The number of imidazole rings is 1. The molecule has 0 spiro atoms. The van der Waals surface area contributed by atoms with E-state index in [2.05, 4.69) is 28.3 Å². The highest BCUT2D eigenvalue weighted by Gasteiger charge is 2.03. The highest BCUT2D eigenvalue weighted by molar-refractivity contribution is 5.79. The average molecular weight is 283 g/mol. The Bertz CT molecular complexity index is 731. The molecule has 0 saturated carbocycles. The molecular weight excluding hydrogens is 265 g/mol. The van der Waals surface area contributed by atoms with E-state index in [1.54, 1.807) is 12.1 Å². The fraction of sp³-hybridized carbons (Fsp3) is 0.235. The van der Waals surface area contributed by atoms with Gasteiger partial charge in [-0.1, -0.05) is 19.1 Å². The number of aromatic nitrogens is 2. The summed E-state index contributed by atoms with van der Waals surface area (Å²) < 4.78 is 12.9. The zero-order valence-corrected chi connectivity index (χ0v) is 12.0. The van der Waals surface area contributed by atoms with E-state index in [4.69, 9.17) is 0 Å². The van der Waals surface area contributed by atoms with Crippen LogP contribution in [0.1, 0.15) is 24.7 Å². The second-order valence-electron chi connectivity index (χ2n) is 5.15. The Labute approximate surface area is 123 Å². The molecule has 0 amide bonds. The monoisotopic (exact) mass is 283 g/mol. The van der Waals surface area contributed by atoms with Gasteiger partial charge < -0.3 is 10.3 Å². The minimum absolute atomic E-state index is 0.207. The Morgan fingerprint density at radius 3 is 2.71 bits per heavy atom. The van der Waals surface area contributed by atoms with Crippen molar-refractivity contribution in [3.63, 3.8) is 0 Å². The number of benzene rings is 2. The van der Waals surface area contributed by atoms with Crippen molar-refractivity contribution in [1.29, 1.82) is 0 Å².